The Hall–Kier alpha value is -0.350. The third kappa shape index (κ3) is 3.91. The SMILES string of the molecule is C[n+]1cc[nH]c1CCCCC(O)Br. The third-order valence-electron chi connectivity index (χ3n) is 2.08. The summed E-state index contributed by atoms with van der Waals surface area (Å²) < 4.78 is 2.09. The molecule has 3 nitrogen and oxygen atoms in total. The zero-order valence-electron chi connectivity index (χ0n) is 7.83. The molecule has 1 heterocycles. The summed E-state index contributed by atoms with van der Waals surface area (Å²) in [5.41, 5.74) is 0. The van der Waals surface area contributed by atoms with E-state index in [1.807, 2.05) is 19.4 Å². The quantitative estimate of drug-likeness (QED) is 0.459. The Labute approximate surface area is 86.9 Å². The molecule has 0 aromatic carbocycles. The summed E-state index contributed by atoms with van der Waals surface area (Å²) in [5, 5.41) is 8.63. The van der Waals surface area contributed by atoms with Gasteiger partial charge in [-0.25, -0.2) is 9.55 Å². The number of hydrogen-bond donors (Lipinski definition) is 2. The largest absolute Gasteiger partial charge is 0.382 e. The molecule has 0 saturated heterocycles. The minimum Gasteiger partial charge on any atom is -0.382 e. The van der Waals surface area contributed by atoms with Crippen molar-refractivity contribution >= 4 is 15.9 Å². The van der Waals surface area contributed by atoms with Gasteiger partial charge in [-0.05, 0) is 19.3 Å². The number of hydrogen-bond acceptors (Lipinski definition) is 1. The molecule has 0 saturated carbocycles. The normalized spacial score (nSPS) is 13.2. The van der Waals surface area contributed by atoms with E-state index in [-0.39, 0.29) is 5.01 Å². The smallest absolute Gasteiger partial charge is 0.253 e. The Morgan fingerprint density at radius 1 is 1.62 bits per heavy atom. The van der Waals surface area contributed by atoms with Crippen LogP contribution in [0.15, 0.2) is 12.4 Å². The van der Waals surface area contributed by atoms with Crippen LogP contribution in [0.2, 0.25) is 0 Å². The van der Waals surface area contributed by atoms with Gasteiger partial charge in [0, 0.05) is 6.42 Å². The van der Waals surface area contributed by atoms with Crippen LogP contribution in [-0.2, 0) is 13.5 Å². The number of H-pyrrole nitrogens is 1. The Morgan fingerprint density at radius 2 is 2.38 bits per heavy atom. The minimum atomic E-state index is -0.343. The van der Waals surface area contributed by atoms with Gasteiger partial charge in [-0.1, -0.05) is 15.9 Å². The molecule has 0 spiro atoms. The zero-order valence-corrected chi connectivity index (χ0v) is 9.42. The number of imidazole rings is 1. The molecule has 0 fully saturated rings. The summed E-state index contributed by atoms with van der Waals surface area (Å²) in [4.78, 5) is 3.18. The first kappa shape index (κ1) is 10.7. The molecular formula is C9H16BrN2O+. The fourth-order valence-corrected chi connectivity index (χ4v) is 1.61. The van der Waals surface area contributed by atoms with Crippen LogP contribution in [0.5, 0.6) is 0 Å². The van der Waals surface area contributed by atoms with E-state index in [2.05, 4.69) is 25.5 Å². The second-order valence-corrected chi connectivity index (χ2v) is 4.25. The third-order valence-corrected chi connectivity index (χ3v) is 2.54. The van der Waals surface area contributed by atoms with E-state index in [0.717, 1.165) is 25.7 Å². The molecule has 0 aliphatic carbocycles. The van der Waals surface area contributed by atoms with Crippen molar-refractivity contribution in [1.29, 1.82) is 0 Å². The lowest BCUT2D eigenvalue weighted by Crippen LogP contribution is -2.30. The number of aromatic nitrogens is 2. The highest BCUT2D eigenvalue weighted by Gasteiger charge is 2.05. The van der Waals surface area contributed by atoms with Gasteiger partial charge >= 0.3 is 0 Å². The van der Waals surface area contributed by atoms with Crippen molar-refractivity contribution in [3.05, 3.63) is 18.2 Å². The molecule has 1 unspecified atom stereocenters. The van der Waals surface area contributed by atoms with Crippen LogP contribution < -0.4 is 4.57 Å². The average Bonchev–Trinajstić information content (AvgIpc) is 2.45. The summed E-state index contributed by atoms with van der Waals surface area (Å²) in [6, 6.07) is 0. The zero-order chi connectivity index (χ0) is 9.68. The first-order chi connectivity index (χ1) is 6.20. The van der Waals surface area contributed by atoms with Crippen LogP contribution in [-0.4, -0.2) is 15.1 Å². The molecule has 1 rings (SSSR count). The highest BCUT2D eigenvalue weighted by Crippen LogP contribution is 2.07. The van der Waals surface area contributed by atoms with Gasteiger partial charge in [-0.2, -0.15) is 0 Å². The Balaban J connectivity index is 2.17. The van der Waals surface area contributed by atoms with Crippen LogP contribution in [0.3, 0.4) is 0 Å². The van der Waals surface area contributed by atoms with Crippen molar-refractivity contribution in [2.45, 2.75) is 30.7 Å². The number of unbranched alkanes of at least 4 members (excludes halogenated alkanes) is 1. The Morgan fingerprint density at radius 3 is 2.92 bits per heavy atom. The van der Waals surface area contributed by atoms with Gasteiger partial charge in [0.05, 0.1) is 7.05 Å². The maximum absolute atomic E-state index is 8.97. The number of nitrogens with zero attached hydrogens (tertiary/aromatic N) is 1. The van der Waals surface area contributed by atoms with Crippen molar-refractivity contribution in [3.8, 4) is 0 Å². The fraction of sp³-hybridized carbons (Fsp3) is 0.667. The van der Waals surface area contributed by atoms with Crippen molar-refractivity contribution < 1.29 is 9.67 Å². The second-order valence-electron chi connectivity index (χ2n) is 3.20. The first-order valence-corrected chi connectivity index (χ1v) is 5.45. The number of alkyl halides is 1. The molecule has 0 radical (unpaired) electrons. The van der Waals surface area contributed by atoms with Crippen LogP contribution in [0.4, 0.5) is 0 Å². The molecule has 4 heteroatoms. The molecule has 0 amide bonds. The highest BCUT2D eigenvalue weighted by molar-refractivity contribution is 9.09. The summed E-state index contributed by atoms with van der Waals surface area (Å²) in [6.07, 6.45) is 7.97. The number of aromatic amines is 1. The number of nitrogens with one attached hydrogen (secondary N) is 1. The van der Waals surface area contributed by atoms with Crippen LogP contribution in [0.25, 0.3) is 0 Å². The lowest BCUT2D eigenvalue weighted by Gasteiger charge is -2.00. The molecule has 0 aliphatic rings. The summed E-state index contributed by atoms with van der Waals surface area (Å²) >= 11 is 3.11. The second kappa shape index (κ2) is 5.40. The number of aryl methyl sites for hydroxylation is 2. The summed E-state index contributed by atoms with van der Waals surface area (Å²) in [7, 11) is 2.03. The number of aliphatic hydroxyl groups excluding tert-OH is 1. The van der Waals surface area contributed by atoms with Gasteiger partial charge in [0.1, 0.15) is 17.4 Å². The highest BCUT2D eigenvalue weighted by atomic mass is 79.9. The topological polar surface area (TPSA) is 39.9 Å². The van der Waals surface area contributed by atoms with Crippen LogP contribution in [0, 0.1) is 0 Å². The number of halogens is 1. The molecule has 1 atom stereocenters. The van der Waals surface area contributed by atoms with Crippen molar-refractivity contribution in [1.82, 2.24) is 4.98 Å². The minimum absolute atomic E-state index is 0.343. The van der Waals surface area contributed by atoms with Crippen molar-refractivity contribution in [3.63, 3.8) is 0 Å². The average molecular weight is 248 g/mol. The molecule has 74 valence electrons. The van der Waals surface area contributed by atoms with E-state index < -0.39 is 0 Å². The molecular weight excluding hydrogens is 232 g/mol. The maximum Gasteiger partial charge on any atom is 0.253 e. The standard InChI is InChI=1S/C9H15BrN2O/c1-12-7-6-11-9(12)5-3-2-4-8(10)13/h6-8,13H,2-5H2,1H3/p+1. The predicted molar refractivity (Wildman–Crippen MR) is 54.5 cm³/mol. The molecule has 13 heavy (non-hydrogen) atoms. The predicted octanol–water partition coefficient (Wildman–Crippen LogP) is 1.27. The van der Waals surface area contributed by atoms with E-state index in [1.54, 1.807) is 0 Å². The monoisotopic (exact) mass is 247 g/mol. The van der Waals surface area contributed by atoms with Crippen molar-refractivity contribution in [2.24, 2.45) is 7.05 Å². The van der Waals surface area contributed by atoms with Crippen LogP contribution >= 0.6 is 15.9 Å². The maximum atomic E-state index is 8.97. The molecule has 1 aromatic heterocycles. The molecule has 0 bridgehead atoms. The van der Waals surface area contributed by atoms with E-state index in [9.17, 15) is 0 Å². The van der Waals surface area contributed by atoms with E-state index in [0.29, 0.717) is 0 Å². The van der Waals surface area contributed by atoms with E-state index >= 15 is 0 Å². The molecule has 1 aromatic rings. The van der Waals surface area contributed by atoms with Crippen LogP contribution in [0.1, 0.15) is 25.1 Å². The van der Waals surface area contributed by atoms with E-state index in [4.69, 9.17) is 5.11 Å². The Kier molecular flexibility index (Phi) is 4.45. The van der Waals surface area contributed by atoms with Gasteiger partial charge in [-0.15, -0.1) is 0 Å². The fourth-order valence-electron chi connectivity index (χ4n) is 1.29. The Bertz CT molecular complexity index is 248. The number of rotatable bonds is 5. The summed E-state index contributed by atoms with van der Waals surface area (Å²) in [5.74, 6) is 1.24. The van der Waals surface area contributed by atoms with Crippen molar-refractivity contribution in [2.75, 3.05) is 0 Å². The lowest BCUT2D eigenvalue weighted by atomic mass is 10.2. The van der Waals surface area contributed by atoms with Gasteiger partial charge in [-0.3, -0.25) is 0 Å². The van der Waals surface area contributed by atoms with Gasteiger partial charge in [0.15, 0.2) is 0 Å². The first-order valence-electron chi connectivity index (χ1n) is 4.54. The lowest BCUT2D eigenvalue weighted by molar-refractivity contribution is -0.677. The van der Waals surface area contributed by atoms with E-state index in [1.165, 1.54) is 5.82 Å². The number of aliphatic hydroxyl groups is 1. The van der Waals surface area contributed by atoms with Gasteiger partial charge < -0.3 is 5.11 Å². The van der Waals surface area contributed by atoms with Gasteiger partial charge in [0.2, 0.25) is 0 Å². The molecule has 0 aliphatic heterocycles. The summed E-state index contributed by atoms with van der Waals surface area (Å²) in [6.45, 7) is 0. The molecule has 2 N–H and O–H groups in total. The van der Waals surface area contributed by atoms with Gasteiger partial charge in [0.25, 0.3) is 5.82 Å².